The van der Waals surface area contributed by atoms with E-state index in [9.17, 15) is 4.79 Å². The highest BCUT2D eigenvalue weighted by Crippen LogP contribution is 2.21. The lowest BCUT2D eigenvalue weighted by atomic mass is 10.2. The number of para-hydroxylation sites is 1. The second kappa shape index (κ2) is 5.61. The first-order chi connectivity index (χ1) is 9.02. The lowest BCUT2D eigenvalue weighted by molar-refractivity contribution is -0.122. The van der Waals surface area contributed by atoms with Crippen LogP contribution in [0.4, 0.5) is 0 Å². The molecule has 0 unspecified atom stereocenters. The quantitative estimate of drug-likeness (QED) is 0.875. The van der Waals surface area contributed by atoms with Crippen LogP contribution in [0.25, 0.3) is 11.0 Å². The van der Waals surface area contributed by atoms with Gasteiger partial charge in [0.2, 0.25) is 5.91 Å². The van der Waals surface area contributed by atoms with E-state index in [0.717, 1.165) is 22.4 Å². The zero-order valence-electron chi connectivity index (χ0n) is 11.4. The summed E-state index contributed by atoms with van der Waals surface area (Å²) in [7, 11) is 0. The number of amides is 1. The van der Waals surface area contributed by atoms with Gasteiger partial charge in [-0.05, 0) is 32.4 Å². The summed E-state index contributed by atoms with van der Waals surface area (Å²) in [4.78, 5) is 16.4. The number of nitrogens with one attached hydrogen (secondary N) is 1. The van der Waals surface area contributed by atoms with E-state index in [0.29, 0.717) is 5.88 Å². The standard InChI is InChI=1S/C14H18ClN3O/c1-9(2)16-13(19)8-18-12(7-15)17-11-6-4-5-10(3)14(11)18/h4-6,9H,7-8H2,1-3H3,(H,16,19). The molecule has 0 radical (unpaired) electrons. The Morgan fingerprint density at radius 1 is 1.47 bits per heavy atom. The maximum Gasteiger partial charge on any atom is 0.240 e. The number of carbonyl (C=O) groups excluding carboxylic acids is 1. The zero-order chi connectivity index (χ0) is 14.0. The maximum atomic E-state index is 11.9. The molecule has 0 fully saturated rings. The number of rotatable bonds is 4. The molecule has 1 amide bonds. The average molecular weight is 280 g/mol. The van der Waals surface area contributed by atoms with Gasteiger partial charge in [-0.2, -0.15) is 0 Å². The molecule has 1 heterocycles. The fourth-order valence-corrected chi connectivity index (χ4v) is 2.40. The van der Waals surface area contributed by atoms with Gasteiger partial charge in [0.15, 0.2) is 0 Å². The summed E-state index contributed by atoms with van der Waals surface area (Å²) in [6.07, 6.45) is 0. The van der Waals surface area contributed by atoms with Gasteiger partial charge in [0.25, 0.3) is 0 Å². The van der Waals surface area contributed by atoms with Crippen LogP contribution in [0.2, 0.25) is 0 Å². The normalized spacial score (nSPS) is 11.2. The lowest BCUT2D eigenvalue weighted by Gasteiger charge is -2.11. The van der Waals surface area contributed by atoms with E-state index in [4.69, 9.17) is 11.6 Å². The number of carbonyl (C=O) groups is 1. The van der Waals surface area contributed by atoms with Crippen molar-refractivity contribution in [3.8, 4) is 0 Å². The molecule has 5 heteroatoms. The predicted molar refractivity (Wildman–Crippen MR) is 77.3 cm³/mol. The molecule has 0 saturated carbocycles. The topological polar surface area (TPSA) is 46.9 Å². The third-order valence-corrected chi connectivity index (χ3v) is 3.16. The highest BCUT2D eigenvalue weighted by molar-refractivity contribution is 6.16. The van der Waals surface area contributed by atoms with Crippen molar-refractivity contribution in [2.75, 3.05) is 0 Å². The number of halogens is 1. The monoisotopic (exact) mass is 279 g/mol. The van der Waals surface area contributed by atoms with Crippen molar-refractivity contribution < 1.29 is 4.79 Å². The van der Waals surface area contributed by atoms with Crippen LogP contribution in [0.15, 0.2) is 18.2 Å². The van der Waals surface area contributed by atoms with Crippen LogP contribution in [-0.4, -0.2) is 21.5 Å². The Labute approximate surface area is 117 Å². The SMILES string of the molecule is Cc1cccc2nc(CCl)n(CC(=O)NC(C)C)c12. The first kappa shape index (κ1) is 13.9. The lowest BCUT2D eigenvalue weighted by Crippen LogP contribution is -2.33. The van der Waals surface area contributed by atoms with Gasteiger partial charge < -0.3 is 9.88 Å². The van der Waals surface area contributed by atoms with E-state index in [2.05, 4.69) is 10.3 Å². The minimum absolute atomic E-state index is 0.0241. The molecular formula is C14H18ClN3O. The van der Waals surface area contributed by atoms with Gasteiger partial charge in [-0.1, -0.05) is 12.1 Å². The van der Waals surface area contributed by atoms with Crippen molar-refractivity contribution in [2.24, 2.45) is 0 Å². The smallest absolute Gasteiger partial charge is 0.240 e. The first-order valence-electron chi connectivity index (χ1n) is 6.33. The van der Waals surface area contributed by atoms with Crippen molar-refractivity contribution in [1.29, 1.82) is 0 Å². The first-order valence-corrected chi connectivity index (χ1v) is 6.86. The summed E-state index contributed by atoms with van der Waals surface area (Å²) >= 11 is 5.93. The fourth-order valence-electron chi connectivity index (χ4n) is 2.20. The van der Waals surface area contributed by atoms with E-state index in [-0.39, 0.29) is 18.5 Å². The predicted octanol–water partition coefficient (Wildman–Crippen LogP) is 2.61. The summed E-state index contributed by atoms with van der Waals surface area (Å²) in [5.41, 5.74) is 2.96. The molecule has 0 spiro atoms. The Hall–Kier alpha value is -1.55. The largest absolute Gasteiger partial charge is 0.352 e. The van der Waals surface area contributed by atoms with E-state index >= 15 is 0 Å². The Morgan fingerprint density at radius 2 is 2.21 bits per heavy atom. The minimum atomic E-state index is -0.0241. The molecule has 0 aliphatic heterocycles. The Kier molecular flexibility index (Phi) is 4.10. The molecule has 2 rings (SSSR count). The van der Waals surface area contributed by atoms with Crippen LogP contribution in [0.3, 0.4) is 0 Å². The van der Waals surface area contributed by atoms with Gasteiger partial charge >= 0.3 is 0 Å². The Balaban J connectivity index is 2.43. The molecule has 0 saturated heterocycles. The third-order valence-electron chi connectivity index (χ3n) is 2.92. The number of imidazole rings is 1. The number of alkyl halides is 1. The van der Waals surface area contributed by atoms with E-state index in [1.807, 2.05) is 43.5 Å². The van der Waals surface area contributed by atoms with E-state index in [1.54, 1.807) is 0 Å². The summed E-state index contributed by atoms with van der Waals surface area (Å²) in [5, 5.41) is 2.89. The molecule has 0 aliphatic rings. The Bertz CT molecular complexity index is 604. The number of hydrogen-bond acceptors (Lipinski definition) is 2. The molecule has 0 atom stereocenters. The Morgan fingerprint density at radius 3 is 2.84 bits per heavy atom. The van der Waals surface area contributed by atoms with Gasteiger partial charge in [-0.25, -0.2) is 4.98 Å². The summed E-state index contributed by atoms with van der Waals surface area (Å²) < 4.78 is 1.90. The summed E-state index contributed by atoms with van der Waals surface area (Å²) in [6, 6.07) is 6.04. The maximum absolute atomic E-state index is 11.9. The second-order valence-corrected chi connectivity index (χ2v) is 5.18. The van der Waals surface area contributed by atoms with Gasteiger partial charge in [0, 0.05) is 6.04 Å². The number of benzene rings is 1. The molecule has 0 bridgehead atoms. The minimum Gasteiger partial charge on any atom is -0.352 e. The van der Waals surface area contributed by atoms with Crippen LogP contribution < -0.4 is 5.32 Å². The molecule has 1 aromatic heterocycles. The third kappa shape index (κ3) is 2.89. The number of fused-ring (bicyclic) bond motifs is 1. The van der Waals surface area contributed by atoms with Crippen LogP contribution in [0.5, 0.6) is 0 Å². The van der Waals surface area contributed by atoms with Crippen LogP contribution in [-0.2, 0) is 17.2 Å². The summed E-state index contributed by atoms with van der Waals surface area (Å²) in [6.45, 7) is 6.15. The van der Waals surface area contributed by atoms with Gasteiger partial charge in [-0.3, -0.25) is 4.79 Å². The molecule has 2 aromatic rings. The fraction of sp³-hybridized carbons (Fsp3) is 0.429. The van der Waals surface area contributed by atoms with Gasteiger partial charge in [0.05, 0.1) is 16.9 Å². The van der Waals surface area contributed by atoms with Crippen molar-refractivity contribution in [3.05, 3.63) is 29.6 Å². The van der Waals surface area contributed by atoms with Crippen molar-refractivity contribution in [2.45, 2.75) is 39.2 Å². The van der Waals surface area contributed by atoms with Crippen LogP contribution in [0.1, 0.15) is 25.2 Å². The van der Waals surface area contributed by atoms with Crippen molar-refractivity contribution in [1.82, 2.24) is 14.9 Å². The number of aromatic nitrogens is 2. The van der Waals surface area contributed by atoms with Crippen LogP contribution in [0, 0.1) is 6.92 Å². The zero-order valence-corrected chi connectivity index (χ0v) is 12.2. The van der Waals surface area contributed by atoms with E-state index < -0.39 is 0 Å². The average Bonchev–Trinajstić information content (AvgIpc) is 2.67. The molecule has 19 heavy (non-hydrogen) atoms. The molecule has 0 aliphatic carbocycles. The summed E-state index contributed by atoms with van der Waals surface area (Å²) in [5.74, 6) is 0.997. The molecule has 1 aromatic carbocycles. The number of nitrogens with zero attached hydrogens (tertiary/aromatic N) is 2. The van der Waals surface area contributed by atoms with Gasteiger partial charge in [-0.15, -0.1) is 11.6 Å². The molecule has 1 N–H and O–H groups in total. The van der Waals surface area contributed by atoms with Crippen molar-refractivity contribution >= 4 is 28.5 Å². The second-order valence-electron chi connectivity index (χ2n) is 4.91. The molecule has 4 nitrogen and oxygen atoms in total. The highest BCUT2D eigenvalue weighted by atomic mass is 35.5. The highest BCUT2D eigenvalue weighted by Gasteiger charge is 2.14. The number of hydrogen-bond donors (Lipinski definition) is 1. The molecule has 102 valence electrons. The van der Waals surface area contributed by atoms with Crippen LogP contribution >= 0.6 is 11.6 Å². The van der Waals surface area contributed by atoms with Crippen molar-refractivity contribution in [3.63, 3.8) is 0 Å². The van der Waals surface area contributed by atoms with Gasteiger partial charge in [0.1, 0.15) is 12.4 Å². The van der Waals surface area contributed by atoms with E-state index in [1.165, 1.54) is 0 Å². The number of aryl methyl sites for hydroxylation is 1. The molecular weight excluding hydrogens is 262 g/mol.